The van der Waals surface area contributed by atoms with Gasteiger partial charge in [0.05, 0.1) is 10.1 Å². The maximum absolute atomic E-state index is 12.9. The van der Waals surface area contributed by atoms with E-state index in [1.807, 2.05) is 13.8 Å². The van der Waals surface area contributed by atoms with Gasteiger partial charge in [0.2, 0.25) is 5.91 Å². The molecule has 0 aromatic heterocycles. The lowest BCUT2D eigenvalue weighted by Crippen LogP contribution is -2.40. The molecular weight excluding hydrogens is 307 g/mol. The van der Waals surface area contributed by atoms with E-state index in [-0.39, 0.29) is 23.3 Å². The smallest absolute Gasteiger partial charge is 0.221 e. The lowest BCUT2D eigenvalue weighted by molar-refractivity contribution is -0.121. The minimum atomic E-state index is -3.64. The van der Waals surface area contributed by atoms with Crippen LogP contribution in [0.4, 0.5) is 4.39 Å². The first-order valence-corrected chi connectivity index (χ1v) is 8.81. The third-order valence-corrected chi connectivity index (χ3v) is 5.46. The van der Waals surface area contributed by atoms with Gasteiger partial charge in [0.15, 0.2) is 9.84 Å². The average molecular weight is 330 g/mol. The summed E-state index contributed by atoms with van der Waals surface area (Å²) in [7, 11) is -3.64. The molecule has 0 saturated carbocycles. The molecule has 0 spiro atoms. The molecule has 0 heterocycles. The van der Waals surface area contributed by atoms with Gasteiger partial charge in [-0.3, -0.25) is 4.79 Å². The molecule has 0 aliphatic carbocycles. The first kappa shape index (κ1) is 18.6. The molecule has 0 bridgehead atoms. The SMILES string of the molecule is CCN[C@H](C)CNC(=O)CC(C)S(=O)(=O)c1ccc(F)cc1. The van der Waals surface area contributed by atoms with E-state index in [0.29, 0.717) is 6.54 Å². The fraction of sp³-hybridized carbons (Fsp3) is 0.533. The summed E-state index contributed by atoms with van der Waals surface area (Å²) in [5.74, 6) is -0.815. The Kier molecular flexibility index (Phi) is 6.96. The Morgan fingerprint density at radius 3 is 2.36 bits per heavy atom. The van der Waals surface area contributed by atoms with Crippen LogP contribution in [-0.2, 0) is 14.6 Å². The molecule has 0 fully saturated rings. The average Bonchev–Trinajstić information content (AvgIpc) is 2.46. The van der Waals surface area contributed by atoms with Crippen molar-refractivity contribution in [1.82, 2.24) is 10.6 Å². The van der Waals surface area contributed by atoms with Gasteiger partial charge >= 0.3 is 0 Å². The van der Waals surface area contributed by atoms with Gasteiger partial charge in [0.1, 0.15) is 5.82 Å². The van der Waals surface area contributed by atoms with E-state index in [4.69, 9.17) is 0 Å². The summed E-state index contributed by atoms with van der Waals surface area (Å²) in [6.07, 6.45) is -0.126. The fourth-order valence-electron chi connectivity index (χ4n) is 1.99. The maximum Gasteiger partial charge on any atom is 0.221 e. The predicted octanol–water partition coefficient (Wildman–Crippen LogP) is 1.49. The summed E-state index contributed by atoms with van der Waals surface area (Å²) < 4.78 is 37.5. The monoisotopic (exact) mass is 330 g/mol. The number of hydrogen-bond acceptors (Lipinski definition) is 4. The van der Waals surface area contributed by atoms with Gasteiger partial charge in [0.25, 0.3) is 0 Å². The Balaban J connectivity index is 2.61. The summed E-state index contributed by atoms with van der Waals surface area (Å²) in [6.45, 7) is 6.62. The van der Waals surface area contributed by atoms with E-state index in [9.17, 15) is 17.6 Å². The van der Waals surface area contributed by atoms with Gasteiger partial charge in [-0.15, -0.1) is 0 Å². The van der Waals surface area contributed by atoms with Crippen molar-refractivity contribution in [3.8, 4) is 0 Å². The van der Waals surface area contributed by atoms with Crippen molar-refractivity contribution in [3.63, 3.8) is 0 Å². The third-order valence-electron chi connectivity index (χ3n) is 3.30. The Morgan fingerprint density at radius 2 is 1.82 bits per heavy atom. The van der Waals surface area contributed by atoms with E-state index in [2.05, 4.69) is 10.6 Å². The topological polar surface area (TPSA) is 75.3 Å². The van der Waals surface area contributed by atoms with Crippen LogP contribution in [0.25, 0.3) is 0 Å². The van der Waals surface area contributed by atoms with Crippen molar-refractivity contribution < 1.29 is 17.6 Å². The van der Waals surface area contributed by atoms with Gasteiger partial charge < -0.3 is 10.6 Å². The highest BCUT2D eigenvalue weighted by Gasteiger charge is 2.25. The van der Waals surface area contributed by atoms with Crippen LogP contribution in [0.5, 0.6) is 0 Å². The van der Waals surface area contributed by atoms with E-state index in [1.165, 1.54) is 19.1 Å². The molecule has 1 aromatic carbocycles. The maximum atomic E-state index is 12.9. The first-order valence-electron chi connectivity index (χ1n) is 7.27. The third kappa shape index (κ3) is 5.38. The van der Waals surface area contributed by atoms with Crippen LogP contribution in [0, 0.1) is 5.82 Å². The highest BCUT2D eigenvalue weighted by atomic mass is 32.2. The summed E-state index contributed by atoms with van der Waals surface area (Å²) >= 11 is 0. The highest BCUT2D eigenvalue weighted by molar-refractivity contribution is 7.92. The number of rotatable bonds is 8. The molecule has 7 heteroatoms. The van der Waals surface area contributed by atoms with Crippen LogP contribution in [0.3, 0.4) is 0 Å². The van der Waals surface area contributed by atoms with Gasteiger partial charge in [-0.25, -0.2) is 12.8 Å². The Hall–Kier alpha value is -1.47. The zero-order chi connectivity index (χ0) is 16.8. The molecule has 0 aliphatic heterocycles. The zero-order valence-electron chi connectivity index (χ0n) is 13.1. The predicted molar refractivity (Wildman–Crippen MR) is 83.8 cm³/mol. The van der Waals surface area contributed by atoms with Crippen molar-refractivity contribution in [1.29, 1.82) is 0 Å². The van der Waals surface area contributed by atoms with Crippen molar-refractivity contribution in [2.24, 2.45) is 0 Å². The van der Waals surface area contributed by atoms with E-state index in [1.54, 1.807) is 0 Å². The first-order chi connectivity index (χ1) is 10.3. The Morgan fingerprint density at radius 1 is 1.23 bits per heavy atom. The number of halogens is 1. The Bertz CT molecular complexity index is 587. The molecule has 1 amide bonds. The molecule has 22 heavy (non-hydrogen) atoms. The van der Waals surface area contributed by atoms with Gasteiger partial charge in [0, 0.05) is 19.0 Å². The molecule has 0 saturated heterocycles. The number of benzene rings is 1. The second-order valence-electron chi connectivity index (χ2n) is 5.28. The second kappa shape index (κ2) is 8.24. The molecule has 0 aliphatic rings. The molecule has 5 nitrogen and oxygen atoms in total. The highest BCUT2D eigenvalue weighted by Crippen LogP contribution is 2.18. The fourth-order valence-corrected chi connectivity index (χ4v) is 3.34. The lowest BCUT2D eigenvalue weighted by Gasteiger charge is -2.16. The number of carbonyl (C=O) groups is 1. The molecule has 1 unspecified atom stereocenters. The normalized spacial score (nSPS) is 14.4. The quantitative estimate of drug-likeness (QED) is 0.708. The number of amides is 1. The van der Waals surface area contributed by atoms with Crippen LogP contribution < -0.4 is 10.6 Å². The van der Waals surface area contributed by atoms with Gasteiger partial charge in [-0.2, -0.15) is 0 Å². The van der Waals surface area contributed by atoms with E-state index >= 15 is 0 Å². The van der Waals surface area contributed by atoms with Crippen molar-refractivity contribution >= 4 is 15.7 Å². The number of hydrogen-bond donors (Lipinski definition) is 2. The molecule has 1 rings (SSSR count). The lowest BCUT2D eigenvalue weighted by atomic mass is 10.3. The Labute approximate surface area is 131 Å². The number of nitrogens with one attached hydrogen (secondary N) is 2. The number of carbonyl (C=O) groups excluding carboxylic acids is 1. The van der Waals surface area contributed by atoms with Crippen molar-refractivity contribution in [2.75, 3.05) is 13.1 Å². The largest absolute Gasteiger partial charge is 0.355 e. The molecule has 0 radical (unpaired) electrons. The molecule has 2 atom stereocenters. The van der Waals surface area contributed by atoms with Crippen LogP contribution in [0.2, 0.25) is 0 Å². The van der Waals surface area contributed by atoms with Crippen molar-refractivity contribution in [3.05, 3.63) is 30.1 Å². The van der Waals surface area contributed by atoms with Gasteiger partial charge in [-0.05, 0) is 44.7 Å². The zero-order valence-corrected chi connectivity index (χ0v) is 13.9. The van der Waals surface area contributed by atoms with Crippen LogP contribution in [0.1, 0.15) is 27.2 Å². The minimum Gasteiger partial charge on any atom is -0.355 e. The van der Waals surface area contributed by atoms with Crippen LogP contribution in [-0.4, -0.2) is 38.7 Å². The standard InChI is InChI=1S/C15H23FN2O3S/c1-4-17-11(2)10-18-15(19)9-12(3)22(20,21)14-7-5-13(16)6-8-14/h5-8,11-12,17H,4,9-10H2,1-3H3,(H,18,19)/t11-,12?/m1/s1. The second-order valence-corrected chi connectivity index (χ2v) is 7.64. The number of likely N-dealkylation sites (N-methyl/N-ethyl adjacent to an activating group) is 1. The van der Waals surface area contributed by atoms with Crippen LogP contribution >= 0.6 is 0 Å². The van der Waals surface area contributed by atoms with Crippen LogP contribution in [0.15, 0.2) is 29.2 Å². The minimum absolute atomic E-state index is 0.0233. The molecule has 2 N–H and O–H groups in total. The summed E-state index contributed by atoms with van der Waals surface area (Å²) in [5, 5.41) is 4.98. The number of sulfone groups is 1. The summed E-state index contributed by atoms with van der Waals surface area (Å²) in [5.41, 5.74) is 0. The molecule has 124 valence electrons. The molecular formula is C15H23FN2O3S. The van der Waals surface area contributed by atoms with Gasteiger partial charge in [-0.1, -0.05) is 6.92 Å². The van der Waals surface area contributed by atoms with Crippen molar-refractivity contribution in [2.45, 2.75) is 43.4 Å². The van der Waals surface area contributed by atoms with E-state index in [0.717, 1.165) is 18.7 Å². The molecule has 1 aromatic rings. The summed E-state index contributed by atoms with van der Waals surface area (Å²) in [4.78, 5) is 11.9. The summed E-state index contributed by atoms with van der Waals surface area (Å²) in [6, 6.07) is 4.74. The van der Waals surface area contributed by atoms with E-state index < -0.39 is 20.9 Å².